The summed E-state index contributed by atoms with van der Waals surface area (Å²) in [4.78, 5) is 37.3. The Morgan fingerprint density at radius 3 is 2.75 bits per heavy atom. The second-order valence-corrected chi connectivity index (χ2v) is 7.21. The fraction of sp³-hybridized carbons (Fsp3) is 0.571. The molecule has 1 heterocycles. The number of ether oxygens (including phenoxy) is 1. The van der Waals surface area contributed by atoms with E-state index < -0.39 is 12.0 Å². The third-order valence-corrected chi connectivity index (χ3v) is 4.99. The van der Waals surface area contributed by atoms with Gasteiger partial charge in [-0.2, -0.15) is 0 Å². The van der Waals surface area contributed by atoms with Gasteiger partial charge in [0.15, 0.2) is 0 Å². The van der Waals surface area contributed by atoms with Crippen LogP contribution in [0, 0.1) is 5.92 Å². The Bertz CT molecular complexity index is 691. The molecular formula is C21H30N2O5. The molecule has 7 nitrogen and oxygen atoms in total. The zero-order valence-electron chi connectivity index (χ0n) is 16.6. The highest BCUT2D eigenvalue weighted by atomic mass is 16.5. The fourth-order valence-electron chi connectivity index (χ4n) is 3.70. The van der Waals surface area contributed by atoms with Gasteiger partial charge in [-0.3, -0.25) is 14.4 Å². The lowest BCUT2D eigenvalue weighted by atomic mass is 9.92. The van der Waals surface area contributed by atoms with Gasteiger partial charge >= 0.3 is 5.97 Å². The van der Waals surface area contributed by atoms with Gasteiger partial charge in [-0.1, -0.05) is 18.2 Å². The first kappa shape index (κ1) is 21.7. The van der Waals surface area contributed by atoms with Crippen LogP contribution >= 0.6 is 0 Å². The van der Waals surface area contributed by atoms with Crippen molar-refractivity contribution in [3.63, 3.8) is 0 Å². The quantitative estimate of drug-likeness (QED) is 0.676. The molecule has 2 unspecified atom stereocenters. The van der Waals surface area contributed by atoms with Crippen LogP contribution in [0.1, 0.15) is 57.6 Å². The summed E-state index contributed by atoms with van der Waals surface area (Å²) in [5.41, 5.74) is 0.785. The maximum Gasteiger partial charge on any atom is 0.303 e. The normalized spacial score (nSPS) is 17.6. The summed E-state index contributed by atoms with van der Waals surface area (Å²) < 4.78 is 5.67. The standard InChI is InChI=1S/C21H30N2O5/c1-3-28-19-9-5-4-8-17(19)18(22-15(2)24)13-20(25)23-12-6-7-16(14-23)10-11-21(26)27/h4-5,8-9,16,18H,3,6-7,10-14H2,1-2H3,(H,22,24)(H,26,27). The van der Waals surface area contributed by atoms with Gasteiger partial charge in [0.25, 0.3) is 0 Å². The van der Waals surface area contributed by atoms with Crippen LogP contribution in [-0.4, -0.2) is 47.5 Å². The largest absolute Gasteiger partial charge is 0.494 e. The van der Waals surface area contributed by atoms with Crippen LogP contribution in [0.15, 0.2) is 24.3 Å². The van der Waals surface area contributed by atoms with E-state index in [-0.39, 0.29) is 30.6 Å². The first-order valence-corrected chi connectivity index (χ1v) is 9.89. The number of nitrogens with zero attached hydrogens (tertiary/aromatic N) is 1. The number of benzene rings is 1. The maximum atomic E-state index is 12.9. The lowest BCUT2D eigenvalue weighted by Crippen LogP contribution is -2.42. The van der Waals surface area contributed by atoms with E-state index in [0.717, 1.165) is 18.4 Å². The molecule has 2 rings (SSSR count). The van der Waals surface area contributed by atoms with Crippen molar-refractivity contribution in [2.24, 2.45) is 5.92 Å². The van der Waals surface area contributed by atoms with Gasteiger partial charge < -0.3 is 20.1 Å². The van der Waals surface area contributed by atoms with E-state index in [0.29, 0.717) is 31.9 Å². The highest BCUT2D eigenvalue weighted by Gasteiger charge is 2.27. The molecule has 2 amide bonds. The van der Waals surface area contributed by atoms with Gasteiger partial charge in [0.1, 0.15) is 5.75 Å². The molecule has 1 aromatic rings. The van der Waals surface area contributed by atoms with Crippen molar-refractivity contribution in [2.75, 3.05) is 19.7 Å². The number of carboxylic acid groups (broad SMARTS) is 1. The zero-order chi connectivity index (χ0) is 20.5. The zero-order valence-corrected chi connectivity index (χ0v) is 16.6. The summed E-state index contributed by atoms with van der Waals surface area (Å²) in [6.45, 7) is 5.06. The van der Waals surface area contributed by atoms with E-state index in [9.17, 15) is 14.4 Å². The number of nitrogens with one attached hydrogen (secondary N) is 1. The van der Waals surface area contributed by atoms with Crippen LogP contribution in [0.25, 0.3) is 0 Å². The first-order chi connectivity index (χ1) is 13.4. The number of para-hydroxylation sites is 1. The van der Waals surface area contributed by atoms with Gasteiger partial charge in [0.2, 0.25) is 11.8 Å². The lowest BCUT2D eigenvalue weighted by molar-refractivity contribution is -0.137. The minimum atomic E-state index is -0.804. The Labute approximate surface area is 166 Å². The molecule has 0 aromatic heterocycles. The second-order valence-electron chi connectivity index (χ2n) is 7.21. The molecule has 0 bridgehead atoms. The third-order valence-electron chi connectivity index (χ3n) is 4.99. The van der Waals surface area contributed by atoms with Crippen LogP contribution in [0.5, 0.6) is 5.75 Å². The molecule has 0 saturated carbocycles. The lowest BCUT2D eigenvalue weighted by Gasteiger charge is -2.34. The SMILES string of the molecule is CCOc1ccccc1C(CC(=O)N1CCCC(CCC(=O)O)C1)NC(C)=O. The number of likely N-dealkylation sites (tertiary alicyclic amines) is 1. The number of piperidine rings is 1. The summed E-state index contributed by atoms with van der Waals surface area (Å²) in [7, 11) is 0. The van der Waals surface area contributed by atoms with Crippen LogP contribution < -0.4 is 10.1 Å². The summed E-state index contributed by atoms with van der Waals surface area (Å²) in [5, 5.41) is 11.8. The average molecular weight is 390 g/mol. The Balaban J connectivity index is 2.08. The fourth-order valence-corrected chi connectivity index (χ4v) is 3.70. The minimum Gasteiger partial charge on any atom is -0.494 e. The predicted molar refractivity (Wildman–Crippen MR) is 105 cm³/mol. The van der Waals surface area contributed by atoms with Crippen LogP contribution in [0.3, 0.4) is 0 Å². The molecule has 1 fully saturated rings. The first-order valence-electron chi connectivity index (χ1n) is 9.89. The topological polar surface area (TPSA) is 95.9 Å². The highest BCUT2D eigenvalue weighted by Crippen LogP contribution is 2.29. The number of carboxylic acids is 1. The van der Waals surface area contributed by atoms with Gasteiger partial charge in [0, 0.05) is 32.0 Å². The van der Waals surface area contributed by atoms with Crippen molar-refractivity contribution in [3.8, 4) is 5.75 Å². The molecule has 2 atom stereocenters. The van der Waals surface area contributed by atoms with Crippen molar-refractivity contribution in [1.29, 1.82) is 0 Å². The number of hydrogen-bond acceptors (Lipinski definition) is 4. The number of aliphatic carboxylic acids is 1. The summed E-state index contributed by atoms with van der Waals surface area (Å²) in [5.74, 6) is -0.174. The molecule has 1 aliphatic rings. The van der Waals surface area contributed by atoms with E-state index in [2.05, 4.69) is 5.32 Å². The van der Waals surface area contributed by atoms with E-state index >= 15 is 0 Å². The Kier molecular flexibility index (Phi) is 8.29. The second kappa shape index (κ2) is 10.7. The number of hydrogen-bond donors (Lipinski definition) is 2. The molecule has 0 radical (unpaired) electrons. The number of amides is 2. The van der Waals surface area contributed by atoms with E-state index in [1.165, 1.54) is 6.92 Å². The van der Waals surface area contributed by atoms with E-state index in [1.807, 2.05) is 31.2 Å². The maximum absolute atomic E-state index is 12.9. The molecule has 1 saturated heterocycles. The van der Waals surface area contributed by atoms with Crippen molar-refractivity contribution >= 4 is 17.8 Å². The molecule has 154 valence electrons. The molecule has 1 aromatic carbocycles. The van der Waals surface area contributed by atoms with Gasteiger partial charge in [-0.25, -0.2) is 0 Å². The van der Waals surface area contributed by atoms with Crippen molar-refractivity contribution in [1.82, 2.24) is 10.2 Å². The minimum absolute atomic E-state index is 0.0370. The highest BCUT2D eigenvalue weighted by molar-refractivity contribution is 5.79. The average Bonchev–Trinajstić information content (AvgIpc) is 2.66. The van der Waals surface area contributed by atoms with Gasteiger partial charge in [-0.15, -0.1) is 0 Å². The van der Waals surface area contributed by atoms with Crippen molar-refractivity contribution < 1.29 is 24.2 Å². The molecule has 1 aliphatic heterocycles. The molecule has 7 heteroatoms. The van der Waals surface area contributed by atoms with Gasteiger partial charge in [0.05, 0.1) is 19.1 Å². The Morgan fingerprint density at radius 2 is 2.07 bits per heavy atom. The monoisotopic (exact) mass is 390 g/mol. The molecule has 2 N–H and O–H groups in total. The number of carbonyl (C=O) groups is 3. The van der Waals surface area contributed by atoms with Crippen LogP contribution in [0.2, 0.25) is 0 Å². The summed E-state index contributed by atoms with van der Waals surface area (Å²) in [6.07, 6.45) is 2.68. The van der Waals surface area contributed by atoms with Crippen LogP contribution in [0.4, 0.5) is 0 Å². The molecule has 28 heavy (non-hydrogen) atoms. The predicted octanol–water partition coefficient (Wildman–Crippen LogP) is 2.76. The van der Waals surface area contributed by atoms with Crippen LogP contribution in [-0.2, 0) is 14.4 Å². The Morgan fingerprint density at radius 1 is 1.32 bits per heavy atom. The van der Waals surface area contributed by atoms with Crippen molar-refractivity contribution in [3.05, 3.63) is 29.8 Å². The number of carbonyl (C=O) groups excluding carboxylic acids is 2. The summed E-state index contributed by atoms with van der Waals surface area (Å²) in [6, 6.07) is 6.96. The molecule has 0 spiro atoms. The van der Waals surface area contributed by atoms with Crippen molar-refractivity contribution in [2.45, 2.75) is 52.0 Å². The van der Waals surface area contributed by atoms with E-state index in [4.69, 9.17) is 9.84 Å². The van der Waals surface area contributed by atoms with E-state index in [1.54, 1.807) is 4.90 Å². The third kappa shape index (κ3) is 6.55. The Hall–Kier alpha value is -2.57. The molecule has 0 aliphatic carbocycles. The smallest absolute Gasteiger partial charge is 0.303 e. The summed E-state index contributed by atoms with van der Waals surface area (Å²) >= 11 is 0. The van der Waals surface area contributed by atoms with Gasteiger partial charge in [-0.05, 0) is 38.2 Å². The number of rotatable bonds is 9. The molecular weight excluding hydrogens is 360 g/mol.